The fourth-order valence-corrected chi connectivity index (χ4v) is 2.30. The molecular weight excluding hydrogens is 257 g/mol. The van der Waals surface area contributed by atoms with Crippen LogP contribution in [0.5, 0.6) is 0 Å². The lowest BCUT2D eigenvalue weighted by atomic mass is 10.1. The molecule has 1 atom stereocenters. The number of nitrogens with one attached hydrogen (secondary N) is 1. The summed E-state index contributed by atoms with van der Waals surface area (Å²) in [5.41, 5.74) is 0.912. The van der Waals surface area contributed by atoms with E-state index in [1.807, 2.05) is 6.92 Å². The van der Waals surface area contributed by atoms with E-state index in [9.17, 15) is 4.39 Å². The lowest BCUT2D eigenvalue weighted by Gasteiger charge is -2.15. The van der Waals surface area contributed by atoms with Crippen molar-refractivity contribution in [1.82, 2.24) is 5.32 Å². The Kier molecular flexibility index (Phi) is 6.43. The number of terminal acetylenes is 1. The van der Waals surface area contributed by atoms with Gasteiger partial charge in [-0.05, 0) is 24.6 Å². The third-order valence-corrected chi connectivity index (χ3v) is 3.50. The molecule has 1 N–H and O–H groups in total. The molecule has 1 rings (SSSR count). The van der Waals surface area contributed by atoms with Crippen LogP contribution in [-0.2, 0) is 0 Å². The first-order chi connectivity index (χ1) is 8.15. The van der Waals surface area contributed by atoms with Crippen LogP contribution in [0.4, 0.5) is 4.39 Å². The second kappa shape index (κ2) is 7.60. The van der Waals surface area contributed by atoms with E-state index in [0.717, 1.165) is 23.6 Å². The summed E-state index contributed by atoms with van der Waals surface area (Å²) in [6.45, 7) is 2.85. The number of rotatable bonds is 6. The summed E-state index contributed by atoms with van der Waals surface area (Å²) in [7, 11) is 0. The van der Waals surface area contributed by atoms with E-state index in [1.54, 1.807) is 17.8 Å². The van der Waals surface area contributed by atoms with E-state index in [-0.39, 0.29) is 11.9 Å². The van der Waals surface area contributed by atoms with Crippen molar-refractivity contribution >= 4 is 23.4 Å². The average Bonchev–Trinajstić information content (AvgIpc) is 2.28. The number of thioether (sulfide) groups is 1. The third kappa shape index (κ3) is 4.99. The summed E-state index contributed by atoms with van der Waals surface area (Å²) < 4.78 is 12.9. The molecular formula is C13H15ClFNS. The third-order valence-electron chi connectivity index (χ3n) is 2.31. The fraction of sp³-hybridized carbons (Fsp3) is 0.385. The summed E-state index contributed by atoms with van der Waals surface area (Å²) in [6, 6.07) is 4.58. The Labute approximate surface area is 111 Å². The zero-order valence-corrected chi connectivity index (χ0v) is 11.2. The molecule has 1 nitrogen and oxygen atoms in total. The van der Waals surface area contributed by atoms with Crippen LogP contribution in [0.25, 0.3) is 0 Å². The maximum absolute atomic E-state index is 12.9. The standard InChI is InChI=1S/C13H15ClFNS/c1-3-7-17-8-6-16-10(2)12-5-4-11(15)9-13(12)14/h1,4-5,9-10,16H,6-8H2,2H3. The maximum Gasteiger partial charge on any atom is 0.124 e. The molecule has 92 valence electrons. The zero-order chi connectivity index (χ0) is 12.7. The van der Waals surface area contributed by atoms with Gasteiger partial charge in [-0.25, -0.2) is 4.39 Å². The average molecular weight is 272 g/mol. The van der Waals surface area contributed by atoms with E-state index in [4.69, 9.17) is 18.0 Å². The van der Waals surface area contributed by atoms with E-state index in [0.29, 0.717) is 5.02 Å². The van der Waals surface area contributed by atoms with Crippen LogP contribution in [0.1, 0.15) is 18.5 Å². The summed E-state index contributed by atoms with van der Waals surface area (Å²) in [6.07, 6.45) is 5.15. The summed E-state index contributed by atoms with van der Waals surface area (Å²) in [5.74, 6) is 3.95. The largest absolute Gasteiger partial charge is 0.309 e. The van der Waals surface area contributed by atoms with Crippen LogP contribution in [-0.4, -0.2) is 18.1 Å². The van der Waals surface area contributed by atoms with Crippen molar-refractivity contribution in [2.75, 3.05) is 18.1 Å². The highest BCUT2D eigenvalue weighted by molar-refractivity contribution is 7.99. The van der Waals surface area contributed by atoms with Crippen molar-refractivity contribution in [2.24, 2.45) is 0 Å². The molecule has 0 radical (unpaired) electrons. The Hall–Kier alpha value is -0.690. The highest BCUT2D eigenvalue weighted by Gasteiger charge is 2.09. The molecule has 17 heavy (non-hydrogen) atoms. The van der Waals surface area contributed by atoms with Gasteiger partial charge < -0.3 is 5.32 Å². The predicted molar refractivity (Wildman–Crippen MR) is 74.0 cm³/mol. The molecule has 0 amide bonds. The van der Waals surface area contributed by atoms with Gasteiger partial charge in [-0.2, -0.15) is 0 Å². The lowest BCUT2D eigenvalue weighted by Crippen LogP contribution is -2.21. The molecule has 0 aliphatic heterocycles. The Morgan fingerprint density at radius 1 is 1.59 bits per heavy atom. The molecule has 0 saturated carbocycles. The van der Waals surface area contributed by atoms with Gasteiger partial charge in [-0.1, -0.05) is 23.6 Å². The van der Waals surface area contributed by atoms with Crippen molar-refractivity contribution in [3.05, 3.63) is 34.6 Å². The second-order valence-corrected chi connectivity index (χ2v) is 5.11. The highest BCUT2D eigenvalue weighted by Crippen LogP contribution is 2.23. The Bertz CT molecular complexity index is 403. The molecule has 0 spiro atoms. The van der Waals surface area contributed by atoms with Gasteiger partial charge in [0.1, 0.15) is 5.82 Å². The van der Waals surface area contributed by atoms with Gasteiger partial charge in [-0.3, -0.25) is 0 Å². The lowest BCUT2D eigenvalue weighted by molar-refractivity contribution is 0.594. The smallest absolute Gasteiger partial charge is 0.124 e. The number of halogens is 2. The molecule has 0 heterocycles. The van der Waals surface area contributed by atoms with Crippen molar-refractivity contribution in [2.45, 2.75) is 13.0 Å². The van der Waals surface area contributed by atoms with Gasteiger partial charge in [0, 0.05) is 23.4 Å². The highest BCUT2D eigenvalue weighted by atomic mass is 35.5. The summed E-state index contributed by atoms with van der Waals surface area (Å²) in [5, 5.41) is 3.78. The summed E-state index contributed by atoms with van der Waals surface area (Å²) >= 11 is 7.68. The molecule has 0 bridgehead atoms. The molecule has 1 aromatic rings. The van der Waals surface area contributed by atoms with E-state index in [2.05, 4.69) is 11.2 Å². The van der Waals surface area contributed by atoms with Gasteiger partial charge in [0.15, 0.2) is 0 Å². The van der Waals surface area contributed by atoms with Crippen LogP contribution < -0.4 is 5.32 Å². The van der Waals surface area contributed by atoms with Crippen molar-refractivity contribution in [3.8, 4) is 12.3 Å². The quantitative estimate of drug-likeness (QED) is 0.628. The van der Waals surface area contributed by atoms with Crippen LogP contribution in [0.2, 0.25) is 5.02 Å². The van der Waals surface area contributed by atoms with Gasteiger partial charge >= 0.3 is 0 Å². The first kappa shape index (κ1) is 14.4. The van der Waals surface area contributed by atoms with Crippen LogP contribution in [0.15, 0.2) is 18.2 Å². The Morgan fingerprint density at radius 3 is 3.00 bits per heavy atom. The minimum absolute atomic E-state index is 0.106. The normalized spacial score (nSPS) is 12.1. The maximum atomic E-state index is 12.9. The molecule has 0 aromatic heterocycles. The van der Waals surface area contributed by atoms with Crippen molar-refractivity contribution in [1.29, 1.82) is 0 Å². The van der Waals surface area contributed by atoms with Gasteiger partial charge in [0.05, 0.1) is 5.75 Å². The molecule has 0 fully saturated rings. The molecule has 0 aliphatic rings. The number of hydrogen-bond acceptors (Lipinski definition) is 2. The monoisotopic (exact) mass is 271 g/mol. The van der Waals surface area contributed by atoms with E-state index >= 15 is 0 Å². The topological polar surface area (TPSA) is 12.0 Å². The number of benzene rings is 1. The molecule has 0 aliphatic carbocycles. The van der Waals surface area contributed by atoms with Crippen molar-refractivity contribution in [3.63, 3.8) is 0 Å². The molecule has 1 unspecified atom stereocenters. The predicted octanol–water partition coefficient (Wildman–Crippen LogP) is 3.50. The number of hydrogen-bond donors (Lipinski definition) is 1. The first-order valence-corrected chi connectivity index (χ1v) is 6.88. The molecule has 0 saturated heterocycles. The van der Waals surface area contributed by atoms with Crippen LogP contribution in [0, 0.1) is 18.2 Å². The van der Waals surface area contributed by atoms with Crippen LogP contribution in [0.3, 0.4) is 0 Å². The Balaban J connectivity index is 2.42. The minimum atomic E-state index is -0.310. The van der Waals surface area contributed by atoms with Gasteiger partial charge in [-0.15, -0.1) is 18.2 Å². The van der Waals surface area contributed by atoms with Gasteiger partial charge in [0.25, 0.3) is 0 Å². The van der Waals surface area contributed by atoms with E-state index in [1.165, 1.54) is 12.1 Å². The zero-order valence-electron chi connectivity index (χ0n) is 9.67. The fourth-order valence-electron chi connectivity index (χ4n) is 1.44. The second-order valence-electron chi connectivity index (χ2n) is 3.60. The van der Waals surface area contributed by atoms with E-state index < -0.39 is 0 Å². The van der Waals surface area contributed by atoms with Crippen molar-refractivity contribution < 1.29 is 4.39 Å². The summed E-state index contributed by atoms with van der Waals surface area (Å²) in [4.78, 5) is 0. The SMILES string of the molecule is C#CCSCCNC(C)c1ccc(F)cc1Cl. The Morgan fingerprint density at radius 2 is 2.35 bits per heavy atom. The molecule has 1 aromatic carbocycles. The molecule has 4 heteroatoms. The van der Waals surface area contributed by atoms with Crippen LogP contribution >= 0.6 is 23.4 Å². The minimum Gasteiger partial charge on any atom is -0.309 e. The van der Waals surface area contributed by atoms with Gasteiger partial charge in [0.2, 0.25) is 0 Å². The first-order valence-electron chi connectivity index (χ1n) is 5.34.